The van der Waals surface area contributed by atoms with Gasteiger partial charge in [0.2, 0.25) is 0 Å². The molecule has 0 bridgehead atoms. The number of piperidine rings is 1. The number of benzene rings is 1. The Kier molecular flexibility index (Phi) is 6.46. The molecule has 0 N–H and O–H groups in total. The molecule has 0 unspecified atom stereocenters. The summed E-state index contributed by atoms with van der Waals surface area (Å²) in [5.41, 5.74) is 1.88. The predicted octanol–water partition coefficient (Wildman–Crippen LogP) is 2.39. The number of hydrogen-bond acceptors (Lipinski definition) is 5. The van der Waals surface area contributed by atoms with Crippen LogP contribution in [0.2, 0.25) is 0 Å². The van der Waals surface area contributed by atoms with E-state index >= 15 is 0 Å². The fourth-order valence-corrected chi connectivity index (χ4v) is 4.24. The second-order valence-corrected chi connectivity index (χ2v) is 7.69. The molecule has 2 aliphatic heterocycles. The highest BCUT2D eigenvalue weighted by Crippen LogP contribution is 2.28. The second-order valence-electron chi connectivity index (χ2n) is 7.69. The largest absolute Gasteiger partial charge is 0.383 e. The fraction of sp³-hybridized carbons (Fsp3) is 0.545. The zero-order valence-corrected chi connectivity index (χ0v) is 17.1. The number of likely N-dealkylation sites (tertiary alicyclic amines) is 1. The fourth-order valence-electron chi connectivity index (χ4n) is 4.24. The van der Waals surface area contributed by atoms with Crippen LogP contribution in [0.1, 0.15) is 34.9 Å². The van der Waals surface area contributed by atoms with Crippen molar-refractivity contribution >= 4 is 11.6 Å². The molecule has 4 rings (SSSR count). The van der Waals surface area contributed by atoms with Crippen molar-refractivity contribution < 1.29 is 14.3 Å². The molecule has 7 heteroatoms. The zero-order valence-electron chi connectivity index (χ0n) is 17.1. The van der Waals surface area contributed by atoms with Gasteiger partial charge in [0.05, 0.1) is 19.8 Å². The summed E-state index contributed by atoms with van der Waals surface area (Å²) >= 11 is 0. The van der Waals surface area contributed by atoms with Crippen molar-refractivity contribution in [3.8, 4) is 0 Å². The van der Waals surface area contributed by atoms with Crippen LogP contribution < -0.4 is 4.90 Å². The van der Waals surface area contributed by atoms with Crippen LogP contribution >= 0.6 is 0 Å². The lowest BCUT2D eigenvalue weighted by Crippen LogP contribution is -2.39. The van der Waals surface area contributed by atoms with Crippen molar-refractivity contribution in [2.45, 2.75) is 25.3 Å². The molecule has 0 spiro atoms. The van der Waals surface area contributed by atoms with Gasteiger partial charge < -0.3 is 23.8 Å². The van der Waals surface area contributed by atoms with Gasteiger partial charge in [-0.25, -0.2) is 4.98 Å². The number of nitrogens with zero attached hydrogens (tertiary/aromatic N) is 4. The van der Waals surface area contributed by atoms with Gasteiger partial charge in [-0.3, -0.25) is 4.79 Å². The maximum absolute atomic E-state index is 13.1. The summed E-state index contributed by atoms with van der Waals surface area (Å²) in [6.07, 6.45) is 5.76. The molecule has 3 heterocycles. The standard InChI is InChI=1S/C22H30N4O3/c1-28-14-11-25-10-7-23-21(25)18-5-8-26(9-6-18)22(27)19-3-2-4-20(17-19)24-12-15-29-16-13-24/h2-4,7,10,17-18H,5-6,8-9,11-16H2,1H3. The first kappa shape index (κ1) is 19.9. The molecule has 2 saturated heterocycles. The van der Waals surface area contributed by atoms with Crippen molar-refractivity contribution in [1.82, 2.24) is 14.5 Å². The van der Waals surface area contributed by atoms with Crippen LogP contribution in [0.4, 0.5) is 5.69 Å². The number of carbonyl (C=O) groups excluding carboxylic acids is 1. The third-order valence-corrected chi connectivity index (χ3v) is 5.90. The molecule has 1 amide bonds. The van der Waals surface area contributed by atoms with Gasteiger partial charge in [0, 0.05) is 69.4 Å². The quantitative estimate of drug-likeness (QED) is 0.748. The summed E-state index contributed by atoms with van der Waals surface area (Å²) in [7, 11) is 1.72. The molecule has 2 aromatic rings. The Morgan fingerprint density at radius 1 is 1.21 bits per heavy atom. The third-order valence-electron chi connectivity index (χ3n) is 5.90. The van der Waals surface area contributed by atoms with Gasteiger partial charge in [0.15, 0.2) is 0 Å². The van der Waals surface area contributed by atoms with Crippen LogP contribution in [0.25, 0.3) is 0 Å². The first-order valence-electron chi connectivity index (χ1n) is 10.5. The van der Waals surface area contributed by atoms with Crippen molar-refractivity contribution in [1.29, 1.82) is 0 Å². The monoisotopic (exact) mass is 398 g/mol. The minimum absolute atomic E-state index is 0.126. The summed E-state index contributed by atoms with van der Waals surface area (Å²) in [5, 5.41) is 0. The van der Waals surface area contributed by atoms with Crippen molar-refractivity contribution in [2.75, 3.05) is 58.0 Å². The number of carbonyl (C=O) groups is 1. The van der Waals surface area contributed by atoms with E-state index in [2.05, 4.69) is 20.5 Å². The number of methoxy groups -OCH3 is 1. The van der Waals surface area contributed by atoms with Gasteiger partial charge in [0.1, 0.15) is 5.82 Å². The van der Waals surface area contributed by atoms with E-state index in [1.807, 2.05) is 35.5 Å². The number of ether oxygens (including phenoxy) is 2. The number of imidazole rings is 1. The van der Waals surface area contributed by atoms with Crippen molar-refractivity contribution in [2.24, 2.45) is 0 Å². The Balaban J connectivity index is 1.37. The molecule has 7 nitrogen and oxygen atoms in total. The normalized spacial score (nSPS) is 18.2. The van der Waals surface area contributed by atoms with Gasteiger partial charge in [-0.1, -0.05) is 6.07 Å². The van der Waals surface area contributed by atoms with Crippen LogP contribution in [-0.4, -0.2) is 73.5 Å². The molecular formula is C22H30N4O3. The van der Waals surface area contributed by atoms with E-state index in [0.717, 1.165) is 75.9 Å². The third kappa shape index (κ3) is 4.62. The molecular weight excluding hydrogens is 368 g/mol. The van der Waals surface area contributed by atoms with Gasteiger partial charge >= 0.3 is 0 Å². The Labute approximate surface area is 172 Å². The molecule has 1 aromatic carbocycles. The van der Waals surface area contributed by atoms with E-state index in [0.29, 0.717) is 12.5 Å². The average Bonchev–Trinajstić information content (AvgIpc) is 3.26. The highest BCUT2D eigenvalue weighted by molar-refractivity contribution is 5.95. The number of rotatable bonds is 6. The minimum atomic E-state index is 0.126. The van der Waals surface area contributed by atoms with E-state index in [9.17, 15) is 4.79 Å². The SMILES string of the molecule is COCCn1ccnc1C1CCN(C(=O)c2cccc(N3CCOCC3)c2)CC1. The van der Waals surface area contributed by atoms with Crippen LogP contribution in [0, 0.1) is 0 Å². The zero-order chi connectivity index (χ0) is 20.1. The lowest BCUT2D eigenvalue weighted by atomic mass is 9.95. The van der Waals surface area contributed by atoms with E-state index in [1.54, 1.807) is 7.11 Å². The summed E-state index contributed by atoms with van der Waals surface area (Å²) < 4.78 is 12.8. The lowest BCUT2D eigenvalue weighted by Gasteiger charge is -2.32. The smallest absolute Gasteiger partial charge is 0.253 e. The molecule has 0 saturated carbocycles. The minimum Gasteiger partial charge on any atom is -0.383 e. The summed E-state index contributed by atoms with van der Waals surface area (Å²) in [5.74, 6) is 1.63. The predicted molar refractivity (Wildman–Crippen MR) is 111 cm³/mol. The molecule has 0 radical (unpaired) electrons. The van der Waals surface area contributed by atoms with E-state index < -0.39 is 0 Å². The van der Waals surface area contributed by atoms with Gasteiger partial charge in [-0.05, 0) is 31.0 Å². The Bertz CT molecular complexity index is 808. The van der Waals surface area contributed by atoms with Gasteiger partial charge in [0.25, 0.3) is 5.91 Å². The van der Waals surface area contributed by atoms with Crippen LogP contribution in [0.3, 0.4) is 0 Å². The lowest BCUT2D eigenvalue weighted by molar-refractivity contribution is 0.0710. The van der Waals surface area contributed by atoms with Crippen molar-refractivity contribution in [3.63, 3.8) is 0 Å². The van der Waals surface area contributed by atoms with Crippen LogP contribution in [-0.2, 0) is 16.0 Å². The molecule has 2 fully saturated rings. The van der Waals surface area contributed by atoms with Gasteiger partial charge in [-0.15, -0.1) is 0 Å². The molecule has 29 heavy (non-hydrogen) atoms. The number of anilines is 1. The number of hydrogen-bond donors (Lipinski definition) is 0. The Morgan fingerprint density at radius 3 is 2.76 bits per heavy atom. The molecule has 156 valence electrons. The molecule has 1 aromatic heterocycles. The highest BCUT2D eigenvalue weighted by Gasteiger charge is 2.27. The molecule has 2 aliphatic rings. The first-order chi connectivity index (χ1) is 14.3. The second kappa shape index (κ2) is 9.41. The van der Waals surface area contributed by atoms with Crippen LogP contribution in [0.5, 0.6) is 0 Å². The van der Waals surface area contributed by atoms with Crippen LogP contribution in [0.15, 0.2) is 36.7 Å². The van der Waals surface area contributed by atoms with E-state index in [-0.39, 0.29) is 5.91 Å². The van der Waals surface area contributed by atoms with Gasteiger partial charge in [-0.2, -0.15) is 0 Å². The first-order valence-corrected chi connectivity index (χ1v) is 10.5. The average molecular weight is 399 g/mol. The van der Waals surface area contributed by atoms with E-state index in [1.165, 1.54) is 0 Å². The Hall–Kier alpha value is -2.38. The summed E-state index contributed by atoms with van der Waals surface area (Å²) in [6, 6.07) is 8.01. The number of aromatic nitrogens is 2. The highest BCUT2D eigenvalue weighted by atomic mass is 16.5. The van der Waals surface area contributed by atoms with Crippen molar-refractivity contribution in [3.05, 3.63) is 48.0 Å². The molecule has 0 aliphatic carbocycles. The summed E-state index contributed by atoms with van der Waals surface area (Å²) in [6.45, 7) is 6.26. The topological polar surface area (TPSA) is 59.8 Å². The van der Waals surface area contributed by atoms with E-state index in [4.69, 9.17) is 9.47 Å². The maximum atomic E-state index is 13.1. The molecule has 0 atom stereocenters. The number of amides is 1. The Morgan fingerprint density at radius 2 is 2.00 bits per heavy atom. The number of morpholine rings is 1. The maximum Gasteiger partial charge on any atom is 0.253 e. The summed E-state index contributed by atoms with van der Waals surface area (Å²) in [4.78, 5) is 21.9.